The van der Waals surface area contributed by atoms with Gasteiger partial charge in [-0.3, -0.25) is 4.79 Å². The smallest absolute Gasteiger partial charge is 0.234 e. The van der Waals surface area contributed by atoms with Gasteiger partial charge in [0.05, 0.1) is 12.6 Å². The Balaban J connectivity index is 2.85. The predicted molar refractivity (Wildman–Crippen MR) is 61.2 cm³/mol. The number of carbonyl (C=O) groups excluding carboxylic acids is 1. The third kappa shape index (κ3) is 3.31. The van der Waals surface area contributed by atoms with Crippen LogP contribution >= 0.6 is 0 Å². The lowest BCUT2D eigenvalue weighted by Crippen LogP contribution is -2.36. The van der Waals surface area contributed by atoms with E-state index in [2.05, 4.69) is 5.32 Å². The van der Waals surface area contributed by atoms with Gasteiger partial charge in [0.1, 0.15) is 5.82 Å². The van der Waals surface area contributed by atoms with Crippen LogP contribution in [0.25, 0.3) is 0 Å². The minimum Gasteiger partial charge on any atom is -0.348 e. The summed E-state index contributed by atoms with van der Waals surface area (Å²) in [5, 5.41) is 2.82. The third-order valence-electron chi connectivity index (χ3n) is 2.40. The fourth-order valence-electron chi connectivity index (χ4n) is 1.54. The van der Waals surface area contributed by atoms with E-state index < -0.39 is 0 Å². The Bertz CT molecular complexity index is 349. The molecule has 1 amide bonds. The van der Waals surface area contributed by atoms with Crippen LogP contribution in [0.15, 0.2) is 24.3 Å². The van der Waals surface area contributed by atoms with Crippen molar-refractivity contribution in [2.45, 2.75) is 19.9 Å². The van der Waals surface area contributed by atoms with Gasteiger partial charge in [-0.05, 0) is 23.6 Å². The first-order chi connectivity index (χ1) is 7.54. The van der Waals surface area contributed by atoms with Crippen LogP contribution in [0.2, 0.25) is 0 Å². The monoisotopic (exact) mass is 224 g/mol. The maximum Gasteiger partial charge on any atom is 0.234 e. The number of benzene rings is 1. The number of hydrogen-bond acceptors (Lipinski definition) is 2. The van der Waals surface area contributed by atoms with Crippen LogP contribution in [-0.4, -0.2) is 12.5 Å². The molecule has 0 spiro atoms. The van der Waals surface area contributed by atoms with E-state index in [9.17, 15) is 9.18 Å². The van der Waals surface area contributed by atoms with E-state index >= 15 is 0 Å². The zero-order valence-electron chi connectivity index (χ0n) is 9.53. The molecule has 1 unspecified atom stereocenters. The lowest BCUT2D eigenvalue weighted by Gasteiger charge is -2.22. The number of rotatable bonds is 4. The second kappa shape index (κ2) is 5.61. The number of nitrogens with one attached hydrogen (secondary N) is 1. The summed E-state index contributed by atoms with van der Waals surface area (Å²) in [6.07, 6.45) is 0. The molecular weight excluding hydrogens is 207 g/mol. The van der Waals surface area contributed by atoms with E-state index in [-0.39, 0.29) is 30.2 Å². The normalized spacial score (nSPS) is 12.6. The molecule has 1 atom stereocenters. The van der Waals surface area contributed by atoms with Gasteiger partial charge in [0.15, 0.2) is 0 Å². The molecular formula is C12H17FN2O. The minimum atomic E-state index is -0.281. The van der Waals surface area contributed by atoms with Crippen molar-refractivity contribution in [2.24, 2.45) is 11.7 Å². The third-order valence-corrected chi connectivity index (χ3v) is 2.40. The molecule has 0 aliphatic carbocycles. The molecule has 0 aliphatic heterocycles. The summed E-state index contributed by atoms with van der Waals surface area (Å²) in [5.74, 6) is -0.264. The molecule has 0 aromatic heterocycles. The SMILES string of the molecule is CC(C)C(NC(=O)CN)c1ccc(F)cc1. The maximum absolute atomic E-state index is 12.8. The lowest BCUT2D eigenvalue weighted by atomic mass is 9.96. The molecule has 0 bridgehead atoms. The zero-order chi connectivity index (χ0) is 12.1. The van der Waals surface area contributed by atoms with Crippen molar-refractivity contribution >= 4 is 5.91 Å². The summed E-state index contributed by atoms with van der Waals surface area (Å²) >= 11 is 0. The highest BCUT2D eigenvalue weighted by Crippen LogP contribution is 2.21. The van der Waals surface area contributed by atoms with E-state index in [1.807, 2.05) is 13.8 Å². The quantitative estimate of drug-likeness (QED) is 0.816. The Morgan fingerprint density at radius 2 is 1.94 bits per heavy atom. The van der Waals surface area contributed by atoms with Gasteiger partial charge >= 0.3 is 0 Å². The topological polar surface area (TPSA) is 55.1 Å². The highest BCUT2D eigenvalue weighted by atomic mass is 19.1. The standard InChI is InChI=1S/C12H17FN2O/c1-8(2)12(15-11(16)7-14)9-3-5-10(13)6-4-9/h3-6,8,12H,7,14H2,1-2H3,(H,15,16). The number of amides is 1. The Hall–Kier alpha value is -1.42. The average molecular weight is 224 g/mol. The second-order valence-electron chi connectivity index (χ2n) is 4.04. The molecule has 0 saturated heterocycles. The molecule has 0 fully saturated rings. The Kier molecular flexibility index (Phi) is 4.43. The van der Waals surface area contributed by atoms with Gasteiger partial charge in [-0.25, -0.2) is 4.39 Å². The van der Waals surface area contributed by atoms with Crippen LogP contribution < -0.4 is 11.1 Å². The molecule has 0 heterocycles. The van der Waals surface area contributed by atoms with E-state index in [0.717, 1.165) is 5.56 Å². The summed E-state index contributed by atoms with van der Waals surface area (Å²) in [6.45, 7) is 3.94. The van der Waals surface area contributed by atoms with Crippen molar-refractivity contribution in [3.63, 3.8) is 0 Å². The second-order valence-corrected chi connectivity index (χ2v) is 4.04. The highest BCUT2D eigenvalue weighted by molar-refractivity contribution is 5.78. The summed E-state index contributed by atoms with van der Waals surface area (Å²) in [5.41, 5.74) is 6.14. The van der Waals surface area contributed by atoms with Crippen LogP contribution in [0.3, 0.4) is 0 Å². The molecule has 0 radical (unpaired) electrons. The van der Waals surface area contributed by atoms with Gasteiger partial charge in [-0.15, -0.1) is 0 Å². The fourth-order valence-corrected chi connectivity index (χ4v) is 1.54. The summed E-state index contributed by atoms with van der Waals surface area (Å²) < 4.78 is 12.8. The number of carbonyl (C=O) groups is 1. The molecule has 3 nitrogen and oxygen atoms in total. The molecule has 88 valence electrons. The van der Waals surface area contributed by atoms with Crippen molar-refractivity contribution in [2.75, 3.05) is 6.54 Å². The molecule has 0 aliphatic rings. The Labute approximate surface area is 94.8 Å². The first kappa shape index (κ1) is 12.6. The molecule has 1 aromatic carbocycles. The molecule has 3 N–H and O–H groups in total. The number of halogens is 1. The van der Waals surface area contributed by atoms with Crippen molar-refractivity contribution in [3.05, 3.63) is 35.6 Å². The zero-order valence-corrected chi connectivity index (χ0v) is 9.53. The van der Waals surface area contributed by atoms with Gasteiger partial charge < -0.3 is 11.1 Å². The number of hydrogen-bond donors (Lipinski definition) is 2. The largest absolute Gasteiger partial charge is 0.348 e. The summed E-state index contributed by atoms with van der Waals surface area (Å²) in [4.78, 5) is 11.3. The van der Waals surface area contributed by atoms with Crippen LogP contribution in [0.5, 0.6) is 0 Å². The van der Waals surface area contributed by atoms with Gasteiger partial charge in [0.2, 0.25) is 5.91 Å². The van der Waals surface area contributed by atoms with Gasteiger partial charge in [-0.1, -0.05) is 26.0 Å². The molecule has 0 saturated carbocycles. The average Bonchev–Trinajstić information content (AvgIpc) is 2.26. The van der Waals surface area contributed by atoms with E-state index in [1.165, 1.54) is 12.1 Å². The number of nitrogens with two attached hydrogens (primary N) is 1. The fraction of sp³-hybridized carbons (Fsp3) is 0.417. The minimum absolute atomic E-state index is 0.0373. The Morgan fingerprint density at radius 3 is 2.38 bits per heavy atom. The van der Waals surface area contributed by atoms with Crippen LogP contribution in [0.4, 0.5) is 4.39 Å². The van der Waals surface area contributed by atoms with Crippen LogP contribution in [0.1, 0.15) is 25.5 Å². The Morgan fingerprint density at radius 1 is 1.38 bits per heavy atom. The summed E-state index contributed by atoms with van der Waals surface area (Å²) in [7, 11) is 0. The lowest BCUT2D eigenvalue weighted by molar-refractivity contribution is -0.120. The predicted octanol–water partition coefficient (Wildman–Crippen LogP) is 1.60. The van der Waals surface area contributed by atoms with Gasteiger partial charge in [0.25, 0.3) is 0 Å². The molecule has 1 rings (SSSR count). The van der Waals surface area contributed by atoms with E-state index in [1.54, 1.807) is 12.1 Å². The molecule has 1 aromatic rings. The van der Waals surface area contributed by atoms with Crippen LogP contribution in [-0.2, 0) is 4.79 Å². The van der Waals surface area contributed by atoms with Crippen LogP contribution in [0, 0.1) is 11.7 Å². The van der Waals surface area contributed by atoms with Crippen molar-refractivity contribution < 1.29 is 9.18 Å². The first-order valence-corrected chi connectivity index (χ1v) is 5.29. The highest BCUT2D eigenvalue weighted by Gasteiger charge is 2.17. The maximum atomic E-state index is 12.8. The molecule has 4 heteroatoms. The van der Waals surface area contributed by atoms with E-state index in [0.29, 0.717) is 0 Å². The summed E-state index contributed by atoms with van der Waals surface area (Å²) in [6, 6.07) is 6.00. The first-order valence-electron chi connectivity index (χ1n) is 5.29. The van der Waals surface area contributed by atoms with Gasteiger partial charge in [0, 0.05) is 0 Å². The van der Waals surface area contributed by atoms with Gasteiger partial charge in [-0.2, -0.15) is 0 Å². The van der Waals surface area contributed by atoms with Crippen molar-refractivity contribution in [3.8, 4) is 0 Å². The van der Waals surface area contributed by atoms with Crippen molar-refractivity contribution in [1.82, 2.24) is 5.32 Å². The molecule has 16 heavy (non-hydrogen) atoms. The van der Waals surface area contributed by atoms with E-state index in [4.69, 9.17) is 5.73 Å². The van der Waals surface area contributed by atoms with Crippen molar-refractivity contribution in [1.29, 1.82) is 0 Å².